The van der Waals surface area contributed by atoms with Crippen molar-refractivity contribution in [3.05, 3.63) is 58.6 Å². The molecule has 0 aromatic heterocycles. The number of carbonyl (C=O) groups excluding carboxylic acids is 2. The zero-order valence-electron chi connectivity index (χ0n) is 18.4. The Bertz CT molecular complexity index is 947. The van der Waals surface area contributed by atoms with Crippen LogP contribution in [-0.4, -0.2) is 50.6 Å². The van der Waals surface area contributed by atoms with Crippen molar-refractivity contribution in [1.29, 1.82) is 0 Å². The molecule has 0 bridgehead atoms. The lowest BCUT2D eigenvalue weighted by atomic mass is 9.87. The van der Waals surface area contributed by atoms with Gasteiger partial charge >= 0.3 is 0 Å². The lowest BCUT2D eigenvalue weighted by Gasteiger charge is -2.21. The van der Waals surface area contributed by atoms with Gasteiger partial charge in [-0.2, -0.15) is 0 Å². The van der Waals surface area contributed by atoms with E-state index >= 15 is 0 Å². The summed E-state index contributed by atoms with van der Waals surface area (Å²) >= 11 is 6.08. The fourth-order valence-electron chi connectivity index (χ4n) is 3.92. The minimum absolute atomic E-state index is 0.0574. The third-order valence-corrected chi connectivity index (χ3v) is 5.78. The number of nitrogens with zero attached hydrogens (tertiary/aromatic N) is 1. The second-order valence-corrected chi connectivity index (χ2v) is 8.62. The van der Waals surface area contributed by atoms with E-state index in [0.29, 0.717) is 47.6 Å². The number of hydrogen-bond donors (Lipinski definition) is 1. The molecular weight excluding hydrogens is 416 g/mol. The van der Waals surface area contributed by atoms with Crippen molar-refractivity contribution >= 4 is 23.4 Å². The van der Waals surface area contributed by atoms with E-state index in [-0.39, 0.29) is 23.7 Å². The largest absolute Gasteiger partial charge is 0.497 e. The number of benzene rings is 2. The molecule has 7 heteroatoms. The van der Waals surface area contributed by atoms with Gasteiger partial charge in [-0.25, -0.2) is 0 Å². The molecule has 1 heterocycles. The van der Waals surface area contributed by atoms with Crippen LogP contribution in [0.4, 0.5) is 0 Å². The Kier molecular flexibility index (Phi) is 7.44. The van der Waals surface area contributed by atoms with Gasteiger partial charge in [-0.05, 0) is 30.2 Å². The van der Waals surface area contributed by atoms with Crippen LogP contribution in [0.3, 0.4) is 0 Å². The number of nitrogens with one attached hydrogen (secondary N) is 1. The summed E-state index contributed by atoms with van der Waals surface area (Å²) in [6, 6.07) is 12.4. The molecule has 1 N–H and O–H groups in total. The van der Waals surface area contributed by atoms with E-state index in [1.165, 1.54) is 0 Å². The van der Waals surface area contributed by atoms with E-state index in [1.54, 1.807) is 49.5 Å². The van der Waals surface area contributed by atoms with Gasteiger partial charge in [0.2, 0.25) is 5.91 Å². The number of amides is 2. The van der Waals surface area contributed by atoms with Crippen LogP contribution in [-0.2, 0) is 4.79 Å². The maximum Gasteiger partial charge on any atom is 0.253 e. The number of methoxy groups -OCH3 is 2. The van der Waals surface area contributed by atoms with Crippen molar-refractivity contribution in [3.8, 4) is 11.5 Å². The summed E-state index contributed by atoms with van der Waals surface area (Å²) in [5.74, 6) is 0.871. The van der Waals surface area contributed by atoms with E-state index in [1.807, 2.05) is 26.0 Å². The first-order valence-corrected chi connectivity index (χ1v) is 10.8. The monoisotopic (exact) mass is 444 g/mol. The van der Waals surface area contributed by atoms with Crippen molar-refractivity contribution in [2.75, 3.05) is 33.9 Å². The molecule has 6 nitrogen and oxygen atoms in total. The van der Waals surface area contributed by atoms with Gasteiger partial charge in [0.05, 0.1) is 20.1 Å². The predicted molar refractivity (Wildman–Crippen MR) is 121 cm³/mol. The van der Waals surface area contributed by atoms with Gasteiger partial charge in [0.1, 0.15) is 11.5 Å². The molecule has 1 aliphatic rings. The maximum atomic E-state index is 13.1. The molecule has 2 atom stereocenters. The fourth-order valence-corrected chi connectivity index (χ4v) is 4.11. The molecule has 3 rings (SSSR count). The minimum atomic E-state index is -0.385. The number of carbonyl (C=O) groups is 2. The molecule has 0 spiro atoms. The molecule has 1 fully saturated rings. The summed E-state index contributed by atoms with van der Waals surface area (Å²) in [6.07, 6.45) is 0. The highest BCUT2D eigenvalue weighted by Gasteiger charge is 2.41. The second kappa shape index (κ2) is 10.1. The first-order valence-electron chi connectivity index (χ1n) is 10.4. The molecule has 2 aromatic rings. The SMILES string of the molecule is COc1ccc([C@H]2CN(C(=O)c3cccc(Cl)c3)C[C@H]2C(=O)NCC(C)C)c(OC)c1. The molecule has 2 aromatic carbocycles. The van der Waals surface area contributed by atoms with E-state index in [2.05, 4.69) is 5.32 Å². The standard InChI is InChI=1S/C24H29ClN2O4/c1-15(2)12-26-23(28)21-14-27(24(29)16-6-5-7-17(25)10-16)13-20(21)19-9-8-18(30-3)11-22(19)31-4/h5-11,15,20-21H,12-14H2,1-4H3,(H,26,28)/t20-,21-/m1/s1. The number of likely N-dealkylation sites (tertiary alicyclic amines) is 1. The first kappa shape index (κ1) is 22.9. The first-order chi connectivity index (χ1) is 14.8. The van der Waals surface area contributed by atoms with Crippen LogP contribution in [0.1, 0.15) is 35.7 Å². The van der Waals surface area contributed by atoms with Crippen LogP contribution < -0.4 is 14.8 Å². The summed E-state index contributed by atoms with van der Waals surface area (Å²) in [5, 5.41) is 3.53. The molecule has 0 unspecified atom stereocenters. The molecule has 31 heavy (non-hydrogen) atoms. The molecule has 1 aliphatic heterocycles. The van der Waals surface area contributed by atoms with E-state index in [0.717, 1.165) is 5.56 Å². The quantitative estimate of drug-likeness (QED) is 0.701. The van der Waals surface area contributed by atoms with E-state index in [9.17, 15) is 9.59 Å². The van der Waals surface area contributed by atoms with Crippen molar-refractivity contribution < 1.29 is 19.1 Å². The van der Waals surface area contributed by atoms with Gasteiger partial charge in [-0.15, -0.1) is 0 Å². The van der Waals surface area contributed by atoms with Gasteiger partial charge in [-0.3, -0.25) is 9.59 Å². The number of hydrogen-bond acceptors (Lipinski definition) is 4. The summed E-state index contributed by atoms with van der Waals surface area (Å²) in [4.78, 5) is 28.0. The van der Waals surface area contributed by atoms with Crippen LogP contribution >= 0.6 is 11.6 Å². The highest BCUT2D eigenvalue weighted by molar-refractivity contribution is 6.30. The third-order valence-electron chi connectivity index (χ3n) is 5.54. The zero-order valence-corrected chi connectivity index (χ0v) is 19.1. The number of rotatable bonds is 7. The molecule has 0 saturated carbocycles. The van der Waals surface area contributed by atoms with Gasteiger partial charge in [0.15, 0.2) is 0 Å². The smallest absolute Gasteiger partial charge is 0.253 e. The third kappa shape index (κ3) is 5.31. The highest BCUT2D eigenvalue weighted by atomic mass is 35.5. The Hall–Kier alpha value is -2.73. The second-order valence-electron chi connectivity index (χ2n) is 8.18. The predicted octanol–water partition coefficient (Wildman–Crippen LogP) is 3.99. The molecule has 2 amide bonds. The van der Waals surface area contributed by atoms with Gasteiger partial charge in [0, 0.05) is 47.8 Å². The Labute approximate surface area is 188 Å². The molecule has 1 saturated heterocycles. The van der Waals surface area contributed by atoms with Gasteiger partial charge in [-0.1, -0.05) is 37.6 Å². The van der Waals surface area contributed by atoms with E-state index in [4.69, 9.17) is 21.1 Å². The Morgan fingerprint density at radius 1 is 1.13 bits per heavy atom. The summed E-state index contributed by atoms with van der Waals surface area (Å²) in [6.45, 7) is 5.43. The molecule has 0 aliphatic carbocycles. The van der Waals surface area contributed by atoms with Crippen LogP contribution in [0.25, 0.3) is 0 Å². The highest BCUT2D eigenvalue weighted by Crippen LogP contribution is 2.39. The van der Waals surface area contributed by atoms with Crippen LogP contribution in [0, 0.1) is 11.8 Å². The van der Waals surface area contributed by atoms with Crippen molar-refractivity contribution in [1.82, 2.24) is 10.2 Å². The molecule has 0 radical (unpaired) electrons. The fraction of sp³-hybridized carbons (Fsp3) is 0.417. The summed E-state index contributed by atoms with van der Waals surface area (Å²) < 4.78 is 10.9. The van der Waals surface area contributed by atoms with Gasteiger partial charge in [0.25, 0.3) is 5.91 Å². The molecule has 166 valence electrons. The lowest BCUT2D eigenvalue weighted by molar-refractivity contribution is -0.125. The Balaban J connectivity index is 1.92. The minimum Gasteiger partial charge on any atom is -0.497 e. The van der Waals surface area contributed by atoms with E-state index < -0.39 is 0 Å². The number of halogens is 1. The molecular formula is C24H29ClN2O4. The maximum absolute atomic E-state index is 13.1. The Morgan fingerprint density at radius 2 is 1.90 bits per heavy atom. The normalized spacial score (nSPS) is 18.2. The number of ether oxygens (including phenoxy) is 2. The topological polar surface area (TPSA) is 67.9 Å². The van der Waals surface area contributed by atoms with Crippen molar-refractivity contribution in [2.24, 2.45) is 11.8 Å². The Morgan fingerprint density at radius 3 is 2.55 bits per heavy atom. The van der Waals surface area contributed by atoms with Gasteiger partial charge < -0.3 is 19.7 Å². The van der Waals surface area contributed by atoms with Crippen molar-refractivity contribution in [2.45, 2.75) is 19.8 Å². The van der Waals surface area contributed by atoms with Crippen molar-refractivity contribution in [3.63, 3.8) is 0 Å². The summed E-state index contributed by atoms with van der Waals surface area (Å²) in [5.41, 5.74) is 1.39. The van der Waals surface area contributed by atoms with Crippen LogP contribution in [0.2, 0.25) is 5.02 Å². The average molecular weight is 445 g/mol. The zero-order chi connectivity index (χ0) is 22.5. The summed E-state index contributed by atoms with van der Waals surface area (Å²) in [7, 11) is 3.19. The lowest BCUT2D eigenvalue weighted by Crippen LogP contribution is -2.37. The average Bonchev–Trinajstić information content (AvgIpc) is 3.21. The van der Waals surface area contributed by atoms with Crippen LogP contribution in [0.5, 0.6) is 11.5 Å². The van der Waals surface area contributed by atoms with Crippen LogP contribution in [0.15, 0.2) is 42.5 Å².